The Balaban J connectivity index is 2.57. The largest absolute Gasteiger partial charge is 0.388 e. The van der Waals surface area contributed by atoms with Crippen LogP contribution in [0.15, 0.2) is 24.3 Å². The molecule has 0 saturated carbocycles. The van der Waals surface area contributed by atoms with Gasteiger partial charge in [-0.15, -0.1) is 0 Å². The van der Waals surface area contributed by atoms with Gasteiger partial charge in [0.05, 0.1) is 0 Å². The maximum absolute atomic E-state index is 8.91. The van der Waals surface area contributed by atoms with Crippen LogP contribution in [0.1, 0.15) is 26.3 Å². The molecule has 1 aromatic rings. The monoisotopic (exact) mass is 280 g/mol. The minimum atomic E-state index is -0.188. The van der Waals surface area contributed by atoms with Gasteiger partial charge >= 0.3 is 0 Å². The van der Waals surface area contributed by atoms with Crippen molar-refractivity contribution in [3.63, 3.8) is 0 Å². The van der Waals surface area contributed by atoms with Crippen LogP contribution in [0.5, 0.6) is 0 Å². The molecule has 0 bridgehead atoms. The van der Waals surface area contributed by atoms with E-state index >= 15 is 0 Å². The molecule has 4 nitrogen and oxygen atoms in total. The van der Waals surface area contributed by atoms with E-state index in [9.17, 15) is 0 Å². The van der Waals surface area contributed by atoms with Gasteiger partial charge in [-0.1, -0.05) is 26.0 Å². The molecule has 0 aliphatic heterocycles. The zero-order chi connectivity index (χ0) is 15.1. The van der Waals surface area contributed by atoms with E-state index in [2.05, 4.69) is 60.3 Å². The van der Waals surface area contributed by atoms with E-state index in [4.69, 9.17) is 5.26 Å². The van der Waals surface area contributed by atoms with E-state index in [1.54, 1.807) is 0 Å². The molecule has 0 aliphatic rings. The van der Waals surface area contributed by atoms with E-state index in [0.29, 0.717) is 5.92 Å². The predicted octanol–water partition coefficient (Wildman–Crippen LogP) is 3.11. The van der Waals surface area contributed by atoms with Gasteiger partial charge in [0.2, 0.25) is 0 Å². The molecule has 20 heavy (non-hydrogen) atoms. The van der Waals surface area contributed by atoms with Crippen molar-refractivity contribution in [2.45, 2.75) is 39.3 Å². The molecule has 0 saturated heterocycles. The minimum absolute atomic E-state index is 0.188. The van der Waals surface area contributed by atoms with Crippen molar-refractivity contribution in [3.05, 3.63) is 29.8 Å². The number of hydrogen-bond donors (Lipinski definition) is 2. The lowest BCUT2D eigenvalue weighted by molar-refractivity contribution is -0.288. The highest BCUT2D eigenvalue weighted by Gasteiger charge is 2.25. The number of rotatable bonds is 8. The lowest BCUT2D eigenvalue weighted by Crippen LogP contribution is -2.45. The third-order valence-electron chi connectivity index (χ3n) is 3.84. The third-order valence-corrected chi connectivity index (χ3v) is 3.84. The van der Waals surface area contributed by atoms with Gasteiger partial charge < -0.3 is 10.2 Å². The number of likely N-dealkylation sites (N-methyl/N-ethyl adjacent to an activating group) is 1. The average molecular weight is 280 g/mol. The summed E-state index contributed by atoms with van der Waals surface area (Å²) in [5.74, 6) is 0.425. The summed E-state index contributed by atoms with van der Waals surface area (Å²) in [5, 5.41) is 12.0. The van der Waals surface area contributed by atoms with Gasteiger partial charge in [0.25, 0.3) is 0 Å². The lowest BCUT2D eigenvalue weighted by Gasteiger charge is -2.34. The molecule has 0 aliphatic carbocycles. The van der Waals surface area contributed by atoms with Crippen LogP contribution >= 0.6 is 0 Å². The predicted molar refractivity (Wildman–Crippen MR) is 84.1 cm³/mol. The average Bonchev–Trinajstić information content (AvgIpc) is 2.45. The van der Waals surface area contributed by atoms with Crippen molar-refractivity contribution in [1.82, 2.24) is 4.90 Å². The molecule has 4 heteroatoms. The van der Waals surface area contributed by atoms with E-state index in [0.717, 1.165) is 18.7 Å². The summed E-state index contributed by atoms with van der Waals surface area (Å²) in [7, 11) is 4.01. The summed E-state index contributed by atoms with van der Waals surface area (Å²) in [6, 6.07) is 8.69. The van der Waals surface area contributed by atoms with Crippen molar-refractivity contribution in [2.24, 2.45) is 5.92 Å². The summed E-state index contributed by atoms with van der Waals surface area (Å²) in [6.07, 6.45) is 0.800. The standard InChI is InChI=1S/C16H28N2O2/c1-12(2)16(13(3)20-19)18(5)11-10-14-6-8-15(17-4)9-7-14/h6-9,12-13,16-17,19H,10-11H2,1-5H3. The second-order valence-corrected chi connectivity index (χ2v) is 5.72. The number of hydrogen-bond acceptors (Lipinski definition) is 4. The second kappa shape index (κ2) is 8.25. The van der Waals surface area contributed by atoms with Crippen LogP contribution in [0.25, 0.3) is 0 Å². The van der Waals surface area contributed by atoms with Gasteiger partial charge in [-0.25, -0.2) is 4.89 Å². The van der Waals surface area contributed by atoms with Gasteiger partial charge in [-0.2, -0.15) is 0 Å². The fraction of sp³-hybridized carbons (Fsp3) is 0.625. The molecule has 1 aromatic carbocycles. The maximum atomic E-state index is 8.91. The first-order valence-corrected chi connectivity index (χ1v) is 7.26. The van der Waals surface area contributed by atoms with Crippen LogP contribution in [0.4, 0.5) is 5.69 Å². The van der Waals surface area contributed by atoms with E-state index < -0.39 is 0 Å². The molecule has 0 radical (unpaired) electrons. The Labute approximate surface area is 122 Å². The number of benzene rings is 1. The first kappa shape index (κ1) is 17.0. The molecule has 114 valence electrons. The fourth-order valence-corrected chi connectivity index (χ4v) is 2.76. The van der Waals surface area contributed by atoms with Crippen molar-refractivity contribution in [2.75, 3.05) is 26.0 Å². The summed E-state index contributed by atoms with van der Waals surface area (Å²) in [4.78, 5) is 6.79. The molecule has 2 atom stereocenters. The Morgan fingerprint density at radius 3 is 2.25 bits per heavy atom. The van der Waals surface area contributed by atoms with Crippen LogP contribution in [-0.2, 0) is 11.3 Å². The molecule has 0 amide bonds. The normalized spacial score (nSPS) is 14.6. The molecular formula is C16H28N2O2. The summed E-state index contributed by atoms with van der Waals surface area (Å²) < 4.78 is 0. The first-order chi connectivity index (χ1) is 9.49. The van der Waals surface area contributed by atoms with Crippen LogP contribution in [0, 0.1) is 5.92 Å². The zero-order valence-corrected chi connectivity index (χ0v) is 13.3. The first-order valence-electron chi connectivity index (χ1n) is 7.26. The third kappa shape index (κ3) is 4.78. The highest BCUT2D eigenvalue weighted by Crippen LogP contribution is 2.16. The van der Waals surface area contributed by atoms with Gasteiger partial charge in [0.15, 0.2) is 0 Å². The SMILES string of the molecule is CNc1ccc(CCN(C)C(C(C)C)C(C)OO)cc1. The van der Waals surface area contributed by atoms with Crippen LogP contribution < -0.4 is 5.32 Å². The van der Waals surface area contributed by atoms with E-state index in [1.165, 1.54) is 5.56 Å². The number of nitrogens with zero attached hydrogens (tertiary/aromatic N) is 1. The molecule has 2 unspecified atom stereocenters. The molecular weight excluding hydrogens is 252 g/mol. The summed E-state index contributed by atoms with van der Waals surface area (Å²) in [5.41, 5.74) is 2.44. The molecule has 0 heterocycles. The highest BCUT2D eigenvalue weighted by atomic mass is 17.1. The van der Waals surface area contributed by atoms with Crippen molar-refractivity contribution >= 4 is 5.69 Å². The van der Waals surface area contributed by atoms with Gasteiger partial charge in [-0.3, -0.25) is 5.26 Å². The molecule has 2 N–H and O–H groups in total. The Hall–Kier alpha value is -1.10. The Morgan fingerprint density at radius 1 is 1.20 bits per heavy atom. The van der Waals surface area contributed by atoms with E-state index in [1.807, 2.05) is 14.0 Å². The zero-order valence-electron chi connectivity index (χ0n) is 13.3. The Morgan fingerprint density at radius 2 is 1.80 bits per heavy atom. The van der Waals surface area contributed by atoms with E-state index in [-0.39, 0.29) is 12.1 Å². The second-order valence-electron chi connectivity index (χ2n) is 5.72. The fourth-order valence-electron chi connectivity index (χ4n) is 2.76. The molecule has 0 fully saturated rings. The quantitative estimate of drug-likeness (QED) is 0.567. The number of nitrogens with one attached hydrogen (secondary N) is 1. The Bertz CT molecular complexity index is 379. The summed E-state index contributed by atoms with van der Waals surface area (Å²) in [6.45, 7) is 7.15. The van der Waals surface area contributed by atoms with Crippen molar-refractivity contribution in [1.29, 1.82) is 0 Å². The highest BCUT2D eigenvalue weighted by molar-refractivity contribution is 5.43. The van der Waals surface area contributed by atoms with Crippen molar-refractivity contribution in [3.8, 4) is 0 Å². The van der Waals surface area contributed by atoms with Crippen LogP contribution in [0.2, 0.25) is 0 Å². The topological polar surface area (TPSA) is 44.7 Å². The molecule has 0 spiro atoms. The lowest BCUT2D eigenvalue weighted by atomic mass is 9.97. The van der Waals surface area contributed by atoms with Crippen molar-refractivity contribution < 1.29 is 10.1 Å². The van der Waals surface area contributed by atoms with Crippen LogP contribution in [-0.4, -0.2) is 42.9 Å². The van der Waals surface area contributed by atoms with Gasteiger partial charge in [0, 0.05) is 25.3 Å². The summed E-state index contributed by atoms with van der Waals surface area (Å²) >= 11 is 0. The maximum Gasteiger partial charge on any atom is 0.106 e. The van der Waals surface area contributed by atoms with Gasteiger partial charge in [-0.05, 0) is 44.0 Å². The molecule has 1 rings (SSSR count). The minimum Gasteiger partial charge on any atom is -0.388 e. The molecule has 0 aromatic heterocycles. The van der Waals surface area contributed by atoms with Gasteiger partial charge in [0.1, 0.15) is 6.10 Å². The Kier molecular flexibility index (Phi) is 6.99. The number of anilines is 1. The smallest absolute Gasteiger partial charge is 0.106 e. The van der Waals surface area contributed by atoms with Crippen LogP contribution in [0.3, 0.4) is 0 Å².